The van der Waals surface area contributed by atoms with Crippen LogP contribution in [0.3, 0.4) is 0 Å². The summed E-state index contributed by atoms with van der Waals surface area (Å²) in [6.07, 6.45) is 0. The maximum absolute atomic E-state index is 12.5. The molecule has 7 heteroatoms. The zero-order valence-electron chi connectivity index (χ0n) is 12.4. The molecule has 0 fully saturated rings. The van der Waals surface area contributed by atoms with Gasteiger partial charge in [-0.25, -0.2) is 0 Å². The number of para-hydroxylation sites is 1. The molecule has 2 aromatic rings. The predicted octanol–water partition coefficient (Wildman–Crippen LogP) is 2.93. The summed E-state index contributed by atoms with van der Waals surface area (Å²) in [4.78, 5) is 23.1. The third kappa shape index (κ3) is 2.94. The summed E-state index contributed by atoms with van der Waals surface area (Å²) in [5, 5.41) is 13.9. The number of carbonyl (C=O) groups excluding carboxylic acids is 1. The van der Waals surface area contributed by atoms with Crippen LogP contribution in [0.2, 0.25) is 0 Å². The molecule has 118 valence electrons. The Labute approximate surface area is 132 Å². The molecule has 3 rings (SSSR count). The van der Waals surface area contributed by atoms with Crippen molar-refractivity contribution in [1.82, 2.24) is 0 Å². The topological polar surface area (TPSA) is 90.7 Å². The van der Waals surface area contributed by atoms with E-state index < -0.39 is 10.8 Å². The standard InChI is InChI=1S/C16H14N2O5/c1-10-4-2-3-5-12(10)17-16(19)11-8-14-15(23-7-6-22-14)9-13(11)18(20)21/h2-5,8-9H,6-7H2,1H3,(H,17,19). The van der Waals surface area contributed by atoms with E-state index in [1.165, 1.54) is 12.1 Å². The number of fused-ring (bicyclic) bond motifs is 1. The molecule has 1 heterocycles. The Morgan fingerprint density at radius 2 is 1.83 bits per heavy atom. The molecule has 0 aliphatic carbocycles. The lowest BCUT2D eigenvalue weighted by molar-refractivity contribution is -0.385. The second-order valence-electron chi connectivity index (χ2n) is 5.04. The number of amides is 1. The van der Waals surface area contributed by atoms with Crippen LogP contribution >= 0.6 is 0 Å². The Kier molecular flexibility index (Phi) is 3.84. The molecular weight excluding hydrogens is 300 g/mol. The number of nitrogens with one attached hydrogen (secondary N) is 1. The number of nitro benzene ring substituents is 1. The minimum Gasteiger partial charge on any atom is -0.486 e. The highest BCUT2D eigenvalue weighted by Crippen LogP contribution is 2.36. The Morgan fingerprint density at radius 3 is 2.48 bits per heavy atom. The summed E-state index contributed by atoms with van der Waals surface area (Å²) < 4.78 is 10.7. The molecule has 2 aromatic carbocycles. The summed E-state index contributed by atoms with van der Waals surface area (Å²) in [6.45, 7) is 2.50. The molecule has 0 radical (unpaired) electrons. The number of hydrogen-bond donors (Lipinski definition) is 1. The molecular formula is C16H14N2O5. The molecule has 1 N–H and O–H groups in total. The number of carbonyl (C=O) groups is 1. The van der Waals surface area contributed by atoms with Crippen molar-refractivity contribution < 1.29 is 19.2 Å². The van der Waals surface area contributed by atoms with Crippen LogP contribution in [0.25, 0.3) is 0 Å². The van der Waals surface area contributed by atoms with Gasteiger partial charge in [-0.15, -0.1) is 0 Å². The largest absolute Gasteiger partial charge is 0.486 e. The Hall–Kier alpha value is -3.09. The van der Waals surface area contributed by atoms with Gasteiger partial charge in [0.25, 0.3) is 11.6 Å². The van der Waals surface area contributed by atoms with Gasteiger partial charge in [-0.05, 0) is 18.6 Å². The lowest BCUT2D eigenvalue weighted by Gasteiger charge is -2.19. The summed E-state index contributed by atoms with van der Waals surface area (Å²) >= 11 is 0. The van der Waals surface area contributed by atoms with Crippen molar-refractivity contribution in [3.8, 4) is 11.5 Å². The molecule has 1 aliphatic heterocycles. The summed E-state index contributed by atoms with van der Waals surface area (Å²) in [5.74, 6) is 0.0372. The van der Waals surface area contributed by atoms with E-state index in [-0.39, 0.29) is 17.0 Å². The fourth-order valence-electron chi connectivity index (χ4n) is 2.31. The van der Waals surface area contributed by atoms with Crippen LogP contribution in [-0.4, -0.2) is 24.0 Å². The molecule has 7 nitrogen and oxygen atoms in total. The van der Waals surface area contributed by atoms with Gasteiger partial charge in [0.05, 0.1) is 11.0 Å². The van der Waals surface area contributed by atoms with E-state index in [0.29, 0.717) is 24.7 Å². The highest BCUT2D eigenvalue weighted by Gasteiger charge is 2.26. The van der Waals surface area contributed by atoms with Crippen LogP contribution in [0.1, 0.15) is 15.9 Å². The van der Waals surface area contributed by atoms with E-state index >= 15 is 0 Å². The third-order valence-corrected chi connectivity index (χ3v) is 3.50. The molecule has 0 atom stereocenters. The number of benzene rings is 2. The van der Waals surface area contributed by atoms with Crippen LogP contribution in [0.4, 0.5) is 11.4 Å². The van der Waals surface area contributed by atoms with Crippen molar-refractivity contribution in [2.75, 3.05) is 18.5 Å². The summed E-state index contributed by atoms with van der Waals surface area (Å²) in [5.41, 5.74) is 1.07. The number of aryl methyl sites for hydroxylation is 1. The Bertz CT molecular complexity index is 788. The number of rotatable bonds is 3. The lowest BCUT2D eigenvalue weighted by atomic mass is 10.1. The first kappa shape index (κ1) is 14.8. The van der Waals surface area contributed by atoms with Crippen molar-refractivity contribution in [2.45, 2.75) is 6.92 Å². The monoisotopic (exact) mass is 314 g/mol. The maximum Gasteiger partial charge on any atom is 0.286 e. The highest BCUT2D eigenvalue weighted by atomic mass is 16.6. The number of hydrogen-bond acceptors (Lipinski definition) is 5. The lowest BCUT2D eigenvalue weighted by Crippen LogP contribution is -2.19. The first-order valence-corrected chi connectivity index (χ1v) is 7.01. The van der Waals surface area contributed by atoms with E-state index in [2.05, 4.69) is 5.32 Å². The van der Waals surface area contributed by atoms with Crippen molar-refractivity contribution in [3.05, 3.63) is 57.6 Å². The molecule has 0 aromatic heterocycles. The van der Waals surface area contributed by atoms with E-state index in [1.807, 2.05) is 19.1 Å². The van der Waals surface area contributed by atoms with Crippen LogP contribution in [-0.2, 0) is 0 Å². The van der Waals surface area contributed by atoms with E-state index in [9.17, 15) is 14.9 Å². The van der Waals surface area contributed by atoms with Gasteiger partial charge in [0, 0.05) is 11.8 Å². The van der Waals surface area contributed by atoms with Gasteiger partial charge in [-0.1, -0.05) is 18.2 Å². The second-order valence-corrected chi connectivity index (χ2v) is 5.04. The van der Waals surface area contributed by atoms with E-state index in [0.717, 1.165) is 5.56 Å². The number of nitrogens with zero attached hydrogens (tertiary/aromatic N) is 1. The van der Waals surface area contributed by atoms with Crippen molar-refractivity contribution in [3.63, 3.8) is 0 Å². The van der Waals surface area contributed by atoms with Gasteiger partial charge in [0.1, 0.15) is 18.8 Å². The highest BCUT2D eigenvalue weighted by molar-refractivity contribution is 6.07. The van der Waals surface area contributed by atoms with Gasteiger partial charge >= 0.3 is 0 Å². The smallest absolute Gasteiger partial charge is 0.286 e. The molecule has 1 aliphatic rings. The quantitative estimate of drug-likeness (QED) is 0.695. The molecule has 0 unspecified atom stereocenters. The van der Waals surface area contributed by atoms with E-state index in [1.54, 1.807) is 12.1 Å². The van der Waals surface area contributed by atoms with Gasteiger partial charge in [0.2, 0.25) is 0 Å². The fraction of sp³-hybridized carbons (Fsp3) is 0.188. The van der Waals surface area contributed by atoms with Crippen LogP contribution in [0.5, 0.6) is 11.5 Å². The van der Waals surface area contributed by atoms with Crippen molar-refractivity contribution >= 4 is 17.3 Å². The number of anilines is 1. The SMILES string of the molecule is Cc1ccccc1NC(=O)c1cc2c(cc1[N+](=O)[O-])OCCO2. The number of nitro groups is 1. The maximum atomic E-state index is 12.5. The van der Waals surface area contributed by atoms with Crippen molar-refractivity contribution in [2.24, 2.45) is 0 Å². The molecule has 1 amide bonds. The molecule has 0 saturated carbocycles. The Morgan fingerprint density at radius 1 is 1.17 bits per heavy atom. The first-order chi connectivity index (χ1) is 11.1. The van der Waals surface area contributed by atoms with Crippen LogP contribution in [0.15, 0.2) is 36.4 Å². The molecule has 23 heavy (non-hydrogen) atoms. The first-order valence-electron chi connectivity index (χ1n) is 7.01. The van der Waals surface area contributed by atoms with Crippen LogP contribution in [0, 0.1) is 17.0 Å². The second kappa shape index (κ2) is 5.96. The van der Waals surface area contributed by atoms with Gasteiger partial charge in [-0.2, -0.15) is 0 Å². The normalized spacial score (nSPS) is 12.6. The summed E-state index contributed by atoms with van der Waals surface area (Å²) in [6, 6.07) is 9.77. The zero-order chi connectivity index (χ0) is 16.4. The Balaban J connectivity index is 1.99. The summed E-state index contributed by atoms with van der Waals surface area (Å²) in [7, 11) is 0. The van der Waals surface area contributed by atoms with Crippen molar-refractivity contribution in [1.29, 1.82) is 0 Å². The zero-order valence-corrected chi connectivity index (χ0v) is 12.4. The minimum absolute atomic E-state index is 0.0671. The minimum atomic E-state index is -0.606. The van der Waals surface area contributed by atoms with Crippen LogP contribution < -0.4 is 14.8 Å². The molecule has 0 spiro atoms. The van der Waals surface area contributed by atoms with Gasteiger partial charge in [0.15, 0.2) is 11.5 Å². The van der Waals surface area contributed by atoms with Gasteiger partial charge in [-0.3, -0.25) is 14.9 Å². The average Bonchev–Trinajstić information content (AvgIpc) is 2.55. The van der Waals surface area contributed by atoms with E-state index in [4.69, 9.17) is 9.47 Å². The number of ether oxygens (including phenoxy) is 2. The predicted molar refractivity (Wildman–Crippen MR) is 83.2 cm³/mol. The average molecular weight is 314 g/mol. The molecule has 0 bridgehead atoms. The third-order valence-electron chi connectivity index (χ3n) is 3.50. The molecule has 0 saturated heterocycles. The fourth-order valence-corrected chi connectivity index (χ4v) is 2.31. The van der Waals surface area contributed by atoms with Gasteiger partial charge < -0.3 is 14.8 Å².